The topological polar surface area (TPSA) is 191 Å². The first-order chi connectivity index (χ1) is 30.8. The van der Waals surface area contributed by atoms with Crippen molar-refractivity contribution in [2.45, 2.75) is 70.9 Å². The molecule has 0 radical (unpaired) electrons. The van der Waals surface area contributed by atoms with E-state index >= 15 is 0 Å². The molecule has 0 bridgehead atoms. The van der Waals surface area contributed by atoms with Crippen molar-refractivity contribution in [3.05, 3.63) is 75.2 Å². The summed E-state index contributed by atoms with van der Waals surface area (Å²) in [6.07, 6.45) is 6.97. The molecule has 5 aliphatic rings. The molecule has 1 unspecified atom stereocenters. The lowest BCUT2D eigenvalue weighted by Crippen LogP contribution is -2.54. The number of ether oxygens (including phenoxy) is 1. The average Bonchev–Trinajstić information content (AvgIpc) is 3.79. The molecule has 17 nitrogen and oxygen atoms in total. The van der Waals surface area contributed by atoms with Gasteiger partial charge in [0.1, 0.15) is 11.1 Å². The van der Waals surface area contributed by atoms with Crippen LogP contribution in [0.25, 0.3) is 10.9 Å². The zero-order valence-corrected chi connectivity index (χ0v) is 37.1. The fraction of sp³-hybridized carbons (Fsp3) is 0.478. The first kappa shape index (κ1) is 43.2. The van der Waals surface area contributed by atoms with Gasteiger partial charge in [-0.05, 0) is 107 Å². The van der Waals surface area contributed by atoms with Crippen LogP contribution >= 0.6 is 11.6 Å². The molecule has 0 aliphatic carbocycles. The van der Waals surface area contributed by atoms with E-state index in [1.165, 1.54) is 7.05 Å². The molecule has 2 aromatic heterocycles. The summed E-state index contributed by atoms with van der Waals surface area (Å²) in [5, 5.41) is 9.26. The number of amides is 5. The van der Waals surface area contributed by atoms with Crippen LogP contribution in [0.5, 0.6) is 5.75 Å². The molecule has 5 amide bonds. The molecule has 336 valence electrons. The molecule has 0 saturated carbocycles. The molecule has 1 spiro atoms. The third-order valence-corrected chi connectivity index (χ3v) is 14.0. The normalized spacial score (nSPS) is 20.4. The summed E-state index contributed by atoms with van der Waals surface area (Å²) in [7, 11) is 1.51. The predicted molar refractivity (Wildman–Crippen MR) is 241 cm³/mol. The fourth-order valence-corrected chi connectivity index (χ4v) is 10.4. The molecule has 18 heteroatoms. The third kappa shape index (κ3) is 8.26. The highest BCUT2D eigenvalue weighted by Crippen LogP contribution is 2.44. The van der Waals surface area contributed by atoms with Crippen LogP contribution < -0.4 is 36.0 Å². The molecule has 64 heavy (non-hydrogen) atoms. The first-order valence-electron chi connectivity index (χ1n) is 22.2. The number of likely N-dealkylation sites (tertiary alicyclic amines) is 1. The molecule has 1 atom stereocenters. The number of benzene rings is 2. The second-order valence-corrected chi connectivity index (χ2v) is 18.5. The Labute approximate surface area is 375 Å². The number of likely N-dealkylation sites (N-methyl/N-ethyl adjacent to an activating group) is 1. The van der Waals surface area contributed by atoms with Crippen LogP contribution in [-0.4, -0.2) is 119 Å². The van der Waals surface area contributed by atoms with Gasteiger partial charge in [0, 0.05) is 69.9 Å². The van der Waals surface area contributed by atoms with Gasteiger partial charge in [-0.2, -0.15) is 4.98 Å². The van der Waals surface area contributed by atoms with Gasteiger partial charge in [0.2, 0.25) is 17.8 Å². The molecular formula is C46H53ClN10O7. The van der Waals surface area contributed by atoms with Crippen molar-refractivity contribution in [2.24, 2.45) is 11.3 Å². The second kappa shape index (κ2) is 17.5. The monoisotopic (exact) mass is 892 g/mol. The number of rotatable bonds is 11. The lowest BCUT2D eigenvalue weighted by atomic mass is 9.77. The molecule has 4 aromatic rings. The number of hydrogen-bond acceptors (Lipinski definition) is 13. The number of nitrogens with one attached hydrogen (secondary N) is 3. The zero-order valence-electron chi connectivity index (χ0n) is 36.3. The number of nitrogens with zero attached hydrogens (tertiary/aromatic N) is 7. The number of pyridine rings is 1. The zero-order chi connectivity index (χ0) is 44.9. The van der Waals surface area contributed by atoms with Gasteiger partial charge < -0.3 is 34.6 Å². The highest BCUT2D eigenvalue weighted by atomic mass is 35.5. The lowest BCUT2D eigenvalue weighted by Gasteiger charge is -2.41. The van der Waals surface area contributed by atoms with Crippen molar-refractivity contribution >= 4 is 75.2 Å². The van der Waals surface area contributed by atoms with Gasteiger partial charge in [-0.3, -0.25) is 39.0 Å². The van der Waals surface area contributed by atoms with E-state index in [1.807, 2.05) is 38.1 Å². The van der Waals surface area contributed by atoms with E-state index in [1.54, 1.807) is 29.0 Å². The van der Waals surface area contributed by atoms with Crippen LogP contribution in [0.3, 0.4) is 0 Å². The SMILES string of the molecule is CNC(=O)COc1cc2cc(Nc3nc(N4CCC(CN5CCC6(CCN(c7cccc8c7C(=O)N(C7CCC(=O)NC7=O)C8=O)CC6)C5)CC4)ncc3Cl)ccc2n(C(C)C)c1=O. The van der Waals surface area contributed by atoms with E-state index < -0.39 is 29.7 Å². The van der Waals surface area contributed by atoms with E-state index in [0.29, 0.717) is 39.5 Å². The summed E-state index contributed by atoms with van der Waals surface area (Å²) >= 11 is 6.63. The van der Waals surface area contributed by atoms with Gasteiger partial charge in [0.15, 0.2) is 18.2 Å². The molecule has 7 heterocycles. The van der Waals surface area contributed by atoms with E-state index in [2.05, 4.69) is 35.6 Å². The smallest absolute Gasteiger partial charge is 0.293 e. The maximum absolute atomic E-state index is 13.8. The number of carbonyl (C=O) groups excluding carboxylic acids is 5. The Bertz CT molecular complexity index is 2600. The number of imide groups is 2. The van der Waals surface area contributed by atoms with E-state index in [0.717, 1.165) is 99.4 Å². The number of aromatic nitrogens is 3. The van der Waals surface area contributed by atoms with Crippen molar-refractivity contribution in [1.29, 1.82) is 0 Å². The van der Waals surface area contributed by atoms with Gasteiger partial charge in [-0.1, -0.05) is 17.7 Å². The number of fused-ring (bicyclic) bond motifs is 2. The van der Waals surface area contributed by atoms with Crippen LogP contribution in [0.4, 0.5) is 23.1 Å². The van der Waals surface area contributed by atoms with E-state index in [4.69, 9.17) is 21.3 Å². The van der Waals surface area contributed by atoms with Gasteiger partial charge in [-0.15, -0.1) is 0 Å². The molecule has 2 aromatic carbocycles. The van der Waals surface area contributed by atoms with Crippen LogP contribution in [0, 0.1) is 11.3 Å². The summed E-state index contributed by atoms with van der Waals surface area (Å²) < 4.78 is 7.28. The van der Waals surface area contributed by atoms with Crippen LogP contribution in [-0.2, 0) is 14.4 Å². The fourth-order valence-electron chi connectivity index (χ4n) is 10.2. The largest absolute Gasteiger partial charge is 0.478 e. The number of carbonyl (C=O) groups is 5. The summed E-state index contributed by atoms with van der Waals surface area (Å²) in [5.41, 5.74) is 2.76. The van der Waals surface area contributed by atoms with Gasteiger partial charge in [-0.25, -0.2) is 4.98 Å². The minimum atomic E-state index is -0.987. The maximum Gasteiger partial charge on any atom is 0.293 e. The Hall–Kier alpha value is -6.07. The quantitative estimate of drug-likeness (QED) is 0.179. The molecule has 9 rings (SSSR count). The van der Waals surface area contributed by atoms with Crippen molar-refractivity contribution < 1.29 is 28.7 Å². The average molecular weight is 893 g/mol. The van der Waals surface area contributed by atoms with Crippen LogP contribution in [0.2, 0.25) is 5.02 Å². The molecular weight excluding hydrogens is 840 g/mol. The Morgan fingerprint density at radius 1 is 0.953 bits per heavy atom. The number of hydrogen-bond donors (Lipinski definition) is 3. The second-order valence-electron chi connectivity index (χ2n) is 18.1. The van der Waals surface area contributed by atoms with Crippen LogP contribution in [0.15, 0.2) is 53.5 Å². The molecule has 4 saturated heterocycles. The van der Waals surface area contributed by atoms with Gasteiger partial charge >= 0.3 is 0 Å². The summed E-state index contributed by atoms with van der Waals surface area (Å²) in [4.78, 5) is 94.2. The summed E-state index contributed by atoms with van der Waals surface area (Å²) in [5.74, 6) is -0.560. The Balaban J connectivity index is 0.790. The van der Waals surface area contributed by atoms with Gasteiger partial charge in [0.25, 0.3) is 23.3 Å². The third-order valence-electron chi connectivity index (χ3n) is 13.7. The number of halogens is 1. The summed E-state index contributed by atoms with van der Waals surface area (Å²) in [6.45, 7) is 9.91. The number of piperidine rings is 3. The van der Waals surface area contributed by atoms with Crippen molar-refractivity contribution in [2.75, 3.05) is 74.6 Å². The first-order valence-corrected chi connectivity index (χ1v) is 22.6. The predicted octanol–water partition coefficient (Wildman–Crippen LogP) is 4.50. The standard InChI is InChI=1S/C46H53ClN10O7/c1-27(2)56-33-8-7-30(21-29(33)22-36(43(56)62)64-25-38(59)48-3)50-40-32(47)23-49-45(52-40)55-16-11-28(12-17-55)24-53-18-13-46(26-53)14-19-54(20-15-46)34-6-4-5-31-39(34)44(63)57(42(31)61)35-9-10-37(58)51-41(35)60/h4-8,21-23,27-28,35H,9-20,24-26H2,1-3H3,(H,48,59)(H,49,50,52)(H,51,58,60). The van der Waals surface area contributed by atoms with E-state index in [9.17, 15) is 28.8 Å². The van der Waals surface area contributed by atoms with Crippen molar-refractivity contribution in [1.82, 2.24) is 35.0 Å². The van der Waals surface area contributed by atoms with Crippen LogP contribution in [0.1, 0.15) is 85.6 Å². The highest BCUT2D eigenvalue weighted by Gasteiger charge is 2.47. The molecule has 3 N–H and O–H groups in total. The summed E-state index contributed by atoms with van der Waals surface area (Å²) in [6, 6.07) is 11.5. The maximum atomic E-state index is 13.8. The van der Waals surface area contributed by atoms with Crippen molar-refractivity contribution in [3.8, 4) is 5.75 Å². The number of anilines is 4. The van der Waals surface area contributed by atoms with Gasteiger partial charge in [0.05, 0.1) is 28.5 Å². The Kier molecular flexibility index (Phi) is 11.8. The highest BCUT2D eigenvalue weighted by molar-refractivity contribution is 6.33. The lowest BCUT2D eigenvalue weighted by molar-refractivity contribution is -0.136. The van der Waals surface area contributed by atoms with Crippen molar-refractivity contribution in [3.63, 3.8) is 0 Å². The Morgan fingerprint density at radius 2 is 1.72 bits per heavy atom. The Morgan fingerprint density at radius 3 is 2.45 bits per heavy atom. The minimum absolute atomic E-state index is 0.0865. The van der Waals surface area contributed by atoms with E-state index in [-0.39, 0.29) is 48.1 Å². The molecule has 4 fully saturated rings. The molecule has 5 aliphatic heterocycles. The minimum Gasteiger partial charge on any atom is -0.478 e.